The number of nitrogens with zero attached hydrogens (tertiary/aromatic N) is 2. The average Bonchev–Trinajstić information content (AvgIpc) is 2.85. The monoisotopic (exact) mass is 259 g/mol. The van der Waals surface area contributed by atoms with Crippen molar-refractivity contribution in [3.05, 3.63) is 53.4 Å². The minimum atomic E-state index is -0.430. The molecule has 0 atom stereocenters. The van der Waals surface area contributed by atoms with E-state index in [1.54, 1.807) is 11.3 Å². The summed E-state index contributed by atoms with van der Waals surface area (Å²) in [6, 6.07) is 8.39. The first-order valence-corrected chi connectivity index (χ1v) is 6.37. The summed E-state index contributed by atoms with van der Waals surface area (Å²) < 4.78 is 13.9. The molecule has 5 heteroatoms. The molecule has 2 heterocycles. The number of hydrogen-bond acceptors (Lipinski definition) is 4. The molecule has 0 saturated carbocycles. The molecular weight excluding hydrogens is 249 g/mol. The molecule has 1 aromatic carbocycles. The maximum atomic E-state index is 12.6. The van der Waals surface area contributed by atoms with Crippen LogP contribution in [0.4, 0.5) is 10.3 Å². The van der Waals surface area contributed by atoms with E-state index in [0.29, 0.717) is 12.5 Å². The summed E-state index contributed by atoms with van der Waals surface area (Å²) in [4.78, 5) is 7.70. The molecule has 0 unspecified atom stereocenters. The second-order valence-electron chi connectivity index (χ2n) is 3.87. The van der Waals surface area contributed by atoms with Crippen LogP contribution in [0.2, 0.25) is 0 Å². The third-order valence-corrected chi connectivity index (χ3v) is 3.49. The molecule has 3 rings (SSSR count). The van der Waals surface area contributed by atoms with Gasteiger partial charge in [-0.15, -0.1) is 11.3 Å². The Morgan fingerprint density at radius 3 is 2.83 bits per heavy atom. The van der Waals surface area contributed by atoms with Crippen molar-refractivity contribution in [1.29, 1.82) is 0 Å². The highest BCUT2D eigenvalue weighted by atomic mass is 32.1. The van der Waals surface area contributed by atoms with Gasteiger partial charge in [-0.05, 0) is 34.5 Å². The molecule has 0 aliphatic rings. The Bertz CT molecular complexity index is 663. The first kappa shape index (κ1) is 11.1. The summed E-state index contributed by atoms with van der Waals surface area (Å²) in [6.45, 7) is 0.622. The predicted molar refractivity (Wildman–Crippen MR) is 71.1 cm³/mol. The number of anilines is 1. The number of halogens is 1. The van der Waals surface area contributed by atoms with Crippen LogP contribution >= 0.6 is 11.3 Å². The quantitative estimate of drug-likeness (QED) is 0.783. The molecule has 18 heavy (non-hydrogen) atoms. The second kappa shape index (κ2) is 4.70. The molecule has 0 aliphatic carbocycles. The molecule has 2 aromatic heterocycles. The second-order valence-corrected chi connectivity index (χ2v) is 4.82. The van der Waals surface area contributed by atoms with Crippen molar-refractivity contribution in [3.63, 3.8) is 0 Å². The molecule has 0 bridgehead atoms. The molecule has 3 nitrogen and oxygen atoms in total. The van der Waals surface area contributed by atoms with Gasteiger partial charge in [0.1, 0.15) is 0 Å². The molecule has 0 saturated heterocycles. The first-order valence-electron chi connectivity index (χ1n) is 5.49. The minimum absolute atomic E-state index is 0.430. The fraction of sp³-hybridized carbons (Fsp3) is 0.0769. The summed E-state index contributed by atoms with van der Waals surface area (Å²) >= 11 is 1.73. The van der Waals surface area contributed by atoms with E-state index >= 15 is 0 Å². The molecule has 3 aromatic rings. The number of aromatic nitrogens is 2. The highest BCUT2D eigenvalue weighted by Gasteiger charge is 2.00. The Morgan fingerprint density at radius 2 is 2.00 bits per heavy atom. The van der Waals surface area contributed by atoms with Gasteiger partial charge in [0.25, 0.3) is 0 Å². The van der Waals surface area contributed by atoms with Gasteiger partial charge in [-0.3, -0.25) is 0 Å². The highest BCUT2D eigenvalue weighted by Crippen LogP contribution is 2.21. The Hall–Kier alpha value is -2.01. The van der Waals surface area contributed by atoms with Gasteiger partial charge in [-0.1, -0.05) is 6.07 Å². The Labute approximate surface area is 107 Å². The van der Waals surface area contributed by atoms with Crippen LogP contribution in [0.3, 0.4) is 0 Å². The van der Waals surface area contributed by atoms with E-state index in [4.69, 9.17) is 0 Å². The molecule has 0 aliphatic heterocycles. The highest BCUT2D eigenvalue weighted by molar-refractivity contribution is 7.17. The maximum absolute atomic E-state index is 12.6. The van der Waals surface area contributed by atoms with Gasteiger partial charge >= 0.3 is 0 Å². The Morgan fingerprint density at radius 1 is 1.17 bits per heavy atom. The topological polar surface area (TPSA) is 37.8 Å². The van der Waals surface area contributed by atoms with Gasteiger partial charge in [0.15, 0.2) is 5.82 Å². The third-order valence-electron chi connectivity index (χ3n) is 2.59. The van der Waals surface area contributed by atoms with E-state index in [0.717, 1.165) is 18.0 Å². The van der Waals surface area contributed by atoms with Gasteiger partial charge in [0.2, 0.25) is 5.95 Å². The van der Waals surface area contributed by atoms with Crippen molar-refractivity contribution in [2.24, 2.45) is 0 Å². The van der Waals surface area contributed by atoms with Gasteiger partial charge in [-0.2, -0.15) is 0 Å². The van der Waals surface area contributed by atoms with Crippen LogP contribution in [0, 0.1) is 5.82 Å². The van der Waals surface area contributed by atoms with E-state index in [1.165, 1.54) is 10.1 Å². The number of benzene rings is 1. The van der Waals surface area contributed by atoms with Crippen molar-refractivity contribution in [1.82, 2.24) is 9.97 Å². The largest absolute Gasteiger partial charge is 0.350 e. The maximum Gasteiger partial charge on any atom is 0.223 e. The molecule has 0 radical (unpaired) electrons. The SMILES string of the molecule is Fc1cnc(NCc2ccc3sccc3c2)nc1. The average molecular weight is 259 g/mol. The van der Waals surface area contributed by atoms with Gasteiger partial charge in [0.05, 0.1) is 12.4 Å². The van der Waals surface area contributed by atoms with Crippen molar-refractivity contribution in [2.45, 2.75) is 6.54 Å². The zero-order valence-electron chi connectivity index (χ0n) is 9.43. The van der Waals surface area contributed by atoms with Crippen LogP contribution < -0.4 is 5.32 Å². The van der Waals surface area contributed by atoms with E-state index in [-0.39, 0.29) is 0 Å². The van der Waals surface area contributed by atoms with Gasteiger partial charge < -0.3 is 5.32 Å². The zero-order valence-corrected chi connectivity index (χ0v) is 10.2. The molecule has 0 fully saturated rings. The lowest BCUT2D eigenvalue weighted by Crippen LogP contribution is -2.03. The molecule has 1 N–H and O–H groups in total. The van der Waals surface area contributed by atoms with Crippen LogP contribution in [0.1, 0.15) is 5.56 Å². The lowest BCUT2D eigenvalue weighted by molar-refractivity contribution is 0.614. The number of thiophene rings is 1. The fourth-order valence-corrected chi connectivity index (χ4v) is 2.48. The third kappa shape index (κ3) is 2.31. The van der Waals surface area contributed by atoms with Crippen LogP contribution in [-0.4, -0.2) is 9.97 Å². The summed E-state index contributed by atoms with van der Waals surface area (Å²) in [5.74, 6) is 0.00191. The zero-order chi connectivity index (χ0) is 12.4. The number of hydrogen-bond donors (Lipinski definition) is 1. The van der Waals surface area contributed by atoms with Crippen LogP contribution in [0.15, 0.2) is 42.0 Å². The van der Waals surface area contributed by atoms with Crippen molar-refractivity contribution in [2.75, 3.05) is 5.32 Å². The lowest BCUT2D eigenvalue weighted by atomic mass is 10.2. The lowest BCUT2D eigenvalue weighted by Gasteiger charge is -2.04. The smallest absolute Gasteiger partial charge is 0.223 e. The van der Waals surface area contributed by atoms with E-state index < -0.39 is 5.82 Å². The van der Waals surface area contributed by atoms with Crippen LogP contribution in [-0.2, 0) is 6.54 Å². The number of rotatable bonds is 3. The molecule has 0 amide bonds. The summed E-state index contributed by atoms with van der Waals surface area (Å²) in [6.07, 6.45) is 2.30. The van der Waals surface area contributed by atoms with Crippen LogP contribution in [0.25, 0.3) is 10.1 Å². The van der Waals surface area contributed by atoms with Gasteiger partial charge in [0, 0.05) is 11.2 Å². The van der Waals surface area contributed by atoms with E-state index in [1.807, 2.05) is 0 Å². The molecule has 90 valence electrons. The summed E-state index contributed by atoms with van der Waals surface area (Å²) in [5, 5.41) is 6.37. The fourth-order valence-electron chi connectivity index (χ4n) is 1.71. The Balaban J connectivity index is 1.74. The number of fused-ring (bicyclic) bond motifs is 1. The molecule has 0 spiro atoms. The Kier molecular flexibility index (Phi) is 2.90. The van der Waals surface area contributed by atoms with E-state index in [9.17, 15) is 4.39 Å². The molecular formula is C13H10FN3S. The first-order chi connectivity index (χ1) is 8.81. The minimum Gasteiger partial charge on any atom is -0.350 e. The predicted octanol–water partition coefficient (Wildman–Crippen LogP) is 3.44. The normalized spacial score (nSPS) is 10.7. The standard InChI is InChI=1S/C13H10FN3S/c14-11-7-16-13(17-8-11)15-6-9-1-2-12-10(5-9)3-4-18-12/h1-5,7-8H,6H2,(H,15,16,17). The van der Waals surface area contributed by atoms with Crippen LogP contribution in [0.5, 0.6) is 0 Å². The van der Waals surface area contributed by atoms with Crippen molar-refractivity contribution < 1.29 is 4.39 Å². The van der Waals surface area contributed by atoms with Gasteiger partial charge in [-0.25, -0.2) is 14.4 Å². The van der Waals surface area contributed by atoms with E-state index in [2.05, 4.69) is 44.9 Å². The van der Waals surface area contributed by atoms with Crippen molar-refractivity contribution in [3.8, 4) is 0 Å². The number of nitrogens with one attached hydrogen (secondary N) is 1. The van der Waals surface area contributed by atoms with Crippen molar-refractivity contribution >= 4 is 27.4 Å². The summed E-state index contributed by atoms with van der Waals surface area (Å²) in [7, 11) is 0. The summed E-state index contributed by atoms with van der Waals surface area (Å²) in [5.41, 5.74) is 1.15.